The second-order valence-electron chi connectivity index (χ2n) is 6.38. The summed E-state index contributed by atoms with van der Waals surface area (Å²) in [6.45, 7) is 3.77. The molecule has 0 unspecified atom stereocenters. The van der Waals surface area contributed by atoms with Gasteiger partial charge >= 0.3 is 6.01 Å². The minimum absolute atomic E-state index is 0.305. The van der Waals surface area contributed by atoms with E-state index >= 15 is 0 Å². The SMILES string of the molecule is Cc1cc(N2CC(N(C)c3nc(-c4cc(Cl)cc(Cl)c4)no3)C2)ccn1. The summed E-state index contributed by atoms with van der Waals surface area (Å²) in [5.41, 5.74) is 2.93. The molecule has 1 aromatic carbocycles. The lowest BCUT2D eigenvalue weighted by molar-refractivity contribution is 0.391. The standard InChI is InChI=1S/C18H17Cl2N5O/c1-11-5-15(3-4-21-11)25-9-16(10-25)24(2)18-22-17(23-26-18)12-6-13(19)8-14(20)7-12/h3-8,16H,9-10H2,1-2H3. The maximum Gasteiger partial charge on any atom is 0.324 e. The van der Waals surface area contributed by atoms with Crippen LogP contribution in [-0.2, 0) is 0 Å². The van der Waals surface area contributed by atoms with Gasteiger partial charge in [0, 0.05) is 53.3 Å². The van der Waals surface area contributed by atoms with E-state index in [1.807, 2.05) is 31.1 Å². The van der Waals surface area contributed by atoms with Gasteiger partial charge in [0.15, 0.2) is 0 Å². The monoisotopic (exact) mass is 389 g/mol. The third-order valence-corrected chi connectivity index (χ3v) is 4.93. The Hall–Kier alpha value is -2.31. The van der Waals surface area contributed by atoms with Gasteiger partial charge in [0.25, 0.3) is 0 Å². The fourth-order valence-corrected chi connectivity index (χ4v) is 3.48. The number of likely N-dealkylation sites (N-methyl/N-ethyl adjacent to an activating group) is 1. The second-order valence-corrected chi connectivity index (χ2v) is 7.26. The van der Waals surface area contributed by atoms with E-state index in [0.29, 0.717) is 27.9 Å². The van der Waals surface area contributed by atoms with Crippen molar-refractivity contribution in [3.05, 3.63) is 52.3 Å². The third kappa shape index (κ3) is 3.34. The molecule has 8 heteroatoms. The van der Waals surface area contributed by atoms with Gasteiger partial charge in [-0.1, -0.05) is 28.4 Å². The minimum atomic E-state index is 0.305. The van der Waals surface area contributed by atoms with Crippen LogP contribution < -0.4 is 9.80 Å². The zero-order valence-corrected chi connectivity index (χ0v) is 15.9. The minimum Gasteiger partial charge on any atom is -0.367 e. The van der Waals surface area contributed by atoms with Crippen LogP contribution in [0.15, 0.2) is 41.1 Å². The van der Waals surface area contributed by atoms with E-state index in [4.69, 9.17) is 27.7 Å². The van der Waals surface area contributed by atoms with Crippen LogP contribution in [0.2, 0.25) is 10.0 Å². The van der Waals surface area contributed by atoms with Gasteiger partial charge in [-0.2, -0.15) is 4.98 Å². The first-order chi connectivity index (χ1) is 12.5. The zero-order valence-electron chi connectivity index (χ0n) is 14.4. The molecular formula is C18H17Cl2N5O. The Kier molecular flexibility index (Phi) is 4.46. The van der Waals surface area contributed by atoms with E-state index in [1.54, 1.807) is 18.2 Å². The maximum atomic E-state index is 6.05. The molecule has 1 aliphatic heterocycles. The molecule has 134 valence electrons. The van der Waals surface area contributed by atoms with Crippen molar-refractivity contribution in [2.75, 3.05) is 29.9 Å². The molecule has 0 saturated carbocycles. The summed E-state index contributed by atoms with van der Waals surface area (Å²) >= 11 is 12.1. The van der Waals surface area contributed by atoms with Crippen LogP contribution in [0.4, 0.5) is 11.7 Å². The van der Waals surface area contributed by atoms with Crippen molar-refractivity contribution in [2.45, 2.75) is 13.0 Å². The predicted octanol–water partition coefficient (Wildman–Crippen LogP) is 4.07. The number of pyridine rings is 1. The van der Waals surface area contributed by atoms with Crippen LogP contribution in [-0.4, -0.2) is 41.3 Å². The summed E-state index contributed by atoms with van der Waals surface area (Å²) in [5, 5.41) is 5.13. The molecule has 3 aromatic rings. The van der Waals surface area contributed by atoms with Crippen LogP contribution in [0, 0.1) is 6.92 Å². The summed E-state index contributed by atoms with van der Waals surface area (Å²) in [7, 11) is 1.96. The van der Waals surface area contributed by atoms with Crippen molar-refractivity contribution in [1.29, 1.82) is 0 Å². The number of aromatic nitrogens is 3. The van der Waals surface area contributed by atoms with Gasteiger partial charge in [0.2, 0.25) is 5.82 Å². The molecule has 0 amide bonds. The maximum absolute atomic E-state index is 6.05. The largest absolute Gasteiger partial charge is 0.367 e. The highest BCUT2D eigenvalue weighted by molar-refractivity contribution is 6.35. The number of benzene rings is 1. The lowest BCUT2D eigenvalue weighted by Gasteiger charge is -2.44. The molecule has 1 saturated heterocycles. The number of hydrogen-bond donors (Lipinski definition) is 0. The predicted molar refractivity (Wildman–Crippen MR) is 103 cm³/mol. The molecule has 1 aliphatic rings. The molecule has 2 aromatic heterocycles. The van der Waals surface area contributed by atoms with Gasteiger partial charge in [0.05, 0.1) is 6.04 Å². The van der Waals surface area contributed by atoms with Crippen LogP contribution in [0.3, 0.4) is 0 Å². The Balaban J connectivity index is 1.45. The van der Waals surface area contributed by atoms with Crippen molar-refractivity contribution in [3.63, 3.8) is 0 Å². The number of anilines is 2. The molecule has 0 spiro atoms. The van der Waals surface area contributed by atoms with Crippen molar-refractivity contribution >= 4 is 34.9 Å². The average molecular weight is 390 g/mol. The van der Waals surface area contributed by atoms with E-state index in [0.717, 1.165) is 24.3 Å². The van der Waals surface area contributed by atoms with Gasteiger partial charge in [-0.15, -0.1) is 0 Å². The Bertz CT molecular complexity index is 919. The lowest BCUT2D eigenvalue weighted by Crippen LogP contribution is -2.59. The second kappa shape index (κ2) is 6.78. The quantitative estimate of drug-likeness (QED) is 0.669. The topological polar surface area (TPSA) is 58.3 Å². The van der Waals surface area contributed by atoms with Crippen LogP contribution in [0.5, 0.6) is 0 Å². The highest BCUT2D eigenvalue weighted by Gasteiger charge is 2.32. The van der Waals surface area contributed by atoms with Gasteiger partial charge in [-0.3, -0.25) is 4.98 Å². The third-order valence-electron chi connectivity index (χ3n) is 4.49. The molecule has 0 radical (unpaired) electrons. The Morgan fingerprint density at radius 2 is 1.88 bits per heavy atom. The van der Waals surface area contributed by atoms with E-state index in [2.05, 4.69) is 26.1 Å². The number of hydrogen-bond acceptors (Lipinski definition) is 6. The summed E-state index contributed by atoms with van der Waals surface area (Å²) in [6, 6.07) is 10.1. The normalized spacial score (nSPS) is 14.4. The first kappa shape index (κ1) is 17.1. The van der Waals surface area contributed by atoms with Crippen LogP contribution in [0.1, 0.15) is 5.69 Å². The molecule has 4 rings (SSSR count). The van der Waals surface area contributed by atoms with E-state index < -0.39 is 0 Å². The van der Waals surface area contributed by atoms with Crippen molar-refractivity contribution in [1.82, 2.24) is 15.1 Å². The van der Waals surface area contributed by atoms with Crippen molar-refractivity contribution in [2.24, 2.45) is 0 Å². The molecule has 0 atom stereocenters. The number of halogens is 2. The van der Waals surface area contributed by atoms with Crippen LogP contribution >= 0.6 is 23.2 Å². The first-order valence-electron chi connectivity index (χ1n) is 8.20. The summed E-state index contributed by atoms with van der Waals surface area (Å²) in [4.78, 5) is 13.0. The summed E-state index contributed by atoms with van der Waals surface area (Å²) < 4.78 is 5.43. The number of rotatable bonds is 4. The molecule has 26 heavy (non-hydrogen) atoms. The molecule has 3 heterocycles. The smallest absolute Gasteiger partial charge is 0.324 e. The van der Waals surface area contributed by atoms with Gasteiger partial charge < -0.3 is 14.3 Å². The fourth-order valence-electron chi connectivity index (χ4n) is 2.95. The van der Waals surface area contributed by atoms with E-state index in [9.17, 15) is 0 Å². The first-order valence-corrected chi connectivity index (χ1v) is 8.96. The summed E-state index contributed by atoms with van der Waals surface area (Å²) in [6.07, 6.45) is 1.84. The zero-order chi connectivity index (χ0) is 18.3. The summed E-state index contributed by atoms with van der Waals surface area (Å²) in [5.74, 6) is 0.470. The molecule has 0 aliphatic carbocycles. The Morgan fingerprint density at radius 3 is 2.58 bits per heavy atom. The molecule has 0 bridgehead atoms. The Labute approximate surface area is 161 Å². The molecule has 0 N–H and O–H groups in total. The molecule has 1 fully saturated rings. The van der Waals surface area contributed by atoms with Crippen LogP contribution in [0.25, 0.3) is 11.4 Å². The highest BCUT2D eigenvalue weighted by Crippen LogP contribution is 2.29. The number of nitrogens with zero attached hydrogens (tertiary/aromatic N) is 5. The van der Waals surface area contributed by atoms with Gasteiger partial charge in [-0.25, -0.2) is 0 Å². The molecular weight excluding hydrogens is 373 g/mol. The Morgan fingerprint density at radius 1 is 1.15 bits per heavy atom. The number of aryl methyl sites for hydroxylation is 1. The fraction of sp³-hybridized carbons (Fsp3) is 0.278. The lowest BCUT2D eigenvalue weighted by atomic mass is 10.1. The van der Waals surface area contributed by atoms with Gasteiger partial charge in [0.1, 0.15) is 0 Å². The molecule has 6 nitrogen and oxygen atoms in total. The van der Waals surface area contributed by atoms with E-state index in [-0.39, 0.29) is 0 Å². The average Bonchev–Trinajstić information content (AvgIpc) is 3.02. The van der Waals surface area contributed by atoms with Gasteiger partial charge in [-0.05, 0) is 37.3 Å². The highest BCUT2D eigenvalue weighted by atomic mass is 35.5. The van der Waals surface area contributed by atoms with E-state index in [1.165, 1.54) is 5.69 Å². The van der Waals surface area contributed by atoms with Crippen molar-refractivity contribution in [3.8, 4) is 11.4 Å². The van der Waals surface area contributed by atoms with Crippen molar-refractivity contribution < 1.29 is 4.52 Å².